The van der Waals surface area contributed by atoms with Crippen molar-refractivity contribution in [1.29, 1.82) is 0 Å². The number of carbonyl (C=O) groups excluding carboxylic acids is 2. The summed E-state index contributed by atoms with van der Waals surface area (Å²) in [6.07, 6.45) is 1.36. The van der Waals surface area contributed by atoms with Gasteiger partial charge in [0.1, 0.15) is 16.3 Å². The van der Waals surface area contributed by atoms with E-state index in [-0.39, 0.29) is 16.4 Å². The average Bonchev–Trinajstić information content (AvgIpc) is 3.10. The van der Waals surface area contributed by atoms with Crippen LogP contribution >= 0.6 is 0 Å². The predicted octanol–water partition coefficient (Wildman–Crippen LogP) is 2.49. The first kappa shape index (κ1) is 22.6. The minimum atomic E-state index is -3.69. The Hall–Kier alpha value is -2.65. The van der Waals surface area contributed by atoms with Crippen LogP contribution in [-0.4, -0.2) is 55.3 Å². The third-order valence-electron chi connectivity index (χ3n) is 4.35. The van der Waals surface area contributed by atoms with Crippen molar-refractivity contribution in [2.45, 2.75) is 25.7 Å². The lowest BCUT2D eigenvalue weighted by molar-refractivity contribution is 0.0465. The zero-order chi connectivity index (χ0) is 21.6. The fourth-order valence-electron chi connectivity index (χ4n) is 2.78. The van der Waals surface area contributed by atoms with Gasteiger partial charge < -0.3 is 14.0 Å². The highest BCUT2D eigenvalue weighted by molar-refractivity contribution is 7.89. The molecule has 0 spiro atoms. The van der Waals surface area contributed by atoms with Crippen molar-refractivity contribution in [3.63, 3.8) is 0 Å². The van der Waals surface area contributed by atoms with Crippen molar-refractivity contribution in [1.82, 2.24) is 8.87 Å². The number of esters is 1. The largest absolute Gasteiger partial charge is 0.494 e. The molecule has 2 rings (SSSR count). The summed E-state index contributed by atoms with van der Waals surface area (Å²) in [6.45, 7) is 6.07. The van der Waals surface area contributed by atoms with Crippen molar-refractivity contribution < 1.29 is 27.5 Å². The summed E-state index contributed by atoms with van der Waals surface area (Å²) in [6, 6.07) is 7.79. The molecule has 0 atom stereocenters. The summed E-state index contributed by atoms with van der Waals surface area (Å²) in [5, 5.41) is 0. The second-order valence-electron chi connectivity index (χ2n) is 6.22. The molecular weight excluding hydrogens is 396 g/mol. The van der Waals surface area contributed by atoms with Gasteiger partial charge in [-0.3, -0.25) is 4.79 Å². The van der Waals surface area contributed by atoms with Gasteiger partial charge in [0.05, 0.1) is 6.61 Å². The molecule has 0 N–H and O–H groups in total. The summed E-state index contributed by atoms with van der Waals surface area (Å²) < 4.78 is 38.3. The van der Waals surface area contributed by atoms with E-state index in [4.69, 9.17) is 9.47 Å². The van der Waals surface area contributed by atoms with Gasteiger partial charge in [0.15, 0.2) is 12.4 Å². The molecule has 0 radical (unpaired) electrons. The van der Waals surface area contributed by atoms with Gasteiger partial charge in [0.2, 0.25) is 10.0 Å². The van der Waals surface area contributed by atoms with Gasteiger partial charge in [-0.15, -0.1) is 0 Å². The fourth-order valence-corrected chi connectivity index (χ4v) is 4.31. The zero-order valence-electron chi connectivity index (χ0n) is 17.0. The summed E-state index contributed by atoms with van der Waals surface area (Å²) in [5.74, 6) is -0.494. The van der Waals surface area contributed by atoms with E-state index in [0.717, 1.165) is 0 Å². The van der Waals surface area contributed by atoms with E-state index in [1.54, 1.807) is 45.2 Å². The molecule has 0 saturated carbocycles. The number of aryl methyl sites for hydroxylation is 1. The van der Waals surface area contributed by atoms with Crippen molar-refractivity contribution in [3.8, 4) is 5.75 Å². The number of hydrogen-bond donors (Lipinski definition) is 0. The molecule has 0 fully saturated rings. The highest BCUT2D eigenvalue weighted by Crippen LogP contribution is 2.19. The van der Waals surface area contributed by atoms with Crippen LogP contribution in [0.15, 0.2) is 41.4 Å². The molecule has 2 aromatic rings. The highest BCUT2D eigenvalue weighted by atomic mass is 32.2. The van der Waals surface area contributed by atoms with Crippen LogP contribution in [0.25, 0.3) is 0 Å². The highest BCUT2D eigenvalue weighted by Gasteiger charge is 2.26. The molecule has 9 heteroatoms. The number of aromatic nitrogens is 1. The first-order valence-electron chi connectivity index (χ1n) is 9.34. The molecule has 0 bridgehead atoms. The molecule has 1 aromatic carbocycles. The second kappa shape index (κ2) is 9.71. The molecule has 0 saturated heterocycles. The Labute approximate surface area is 171 Å². The third kappa shape index (κ3) is 5.24. The van der Waals surface area contributed by atoms with Gasteiger partial charge in [-0.25, -0.2) is 13.2 Å². The Morgan fingerprint density at radius 3 is 2.24 bits per heavy atom. The van der Waals surface area contributed by atoms with Crippen LogP contribution in [0.1, 0.15) is 41.6 Å². The number of ether oxygens (including phenoxy) is 2. The minimum absolute atomic E-state index is 0.00786. The fraction of sp³-hybridized carbons (Fsp3) is 0.400. The Morgan fingerprint density at radius 2 is 1.69 bits per heavy atom. The average molecular weight is 423 g/mol. The van der Waals surface area contributed by atoms with Gasteiger partial charge in [-0.05, 0) is 37.3 Å². The molecule has 1 heterocycles. The number of benzene rings is 1. The molecular formula is C20H26N2O6S. The van der Waals surface area contributed by atoms with Crippen LogP contribution in [0.4, 0.5) is 0 Å². The van der Waals surface area contributed by atoms with Gasteiger partial charge in [0, 0.05) is 31.9 Å². The molecule has 0 aliphatic heterocycles. The van der Waals surface area contributed by atoms with Gasteiger partial charge >= 0.3 is 5.97 Å². The first-order chi connectivity index (χ1) is 13.7. The van der Waals surface area contributed by atoms with E-state index in [0.29, 0.717) is 31.0 Å². The standard InChI is InChI=1S/C20H26N2O6S/c1-5-22(6-2)29(25,26)17-12-18(21(4)13-17)20(24)28-14-19(23)15-8-10-16(11-9-15)27-7-3/h8-13H,5-7,14H2,1-4H3. The Bertz CT molecular complexity index is 959. The van der Waals surface area contributed by atoms with Crippen molar-refractivity contribution in [3.05, 3.63) is 47.8 Å². The third-order valence-corrected chi connectivity index (χ3v) is 6.37. The molecule has 1 aromatic heterocycles. The van der Waals surface area contributed by atoms with E-state index in [1.165, 1.54) is 21.1 Å². The lowest BCUT2D eigenvalue weighted by atomic mass is 10.1. The number of sulfonamides is 1. The van der Waals surface area contributed by atoms with Crippen LogP contribution in [0.2, 0.25) is 0 Å². The Morgan fingerprint density at radius 1 is 1.07 bits per heavy atom. The number of carbonyl (C=O) groups is 2. The first-order valence-corrected chi connectivity index (χ1v) is 10.8. The lowest BCUT2D eigenvalue weighted by Crippen LogP contribution is -2.30. The van der Waals surface area contributed by atoms with Crippen LogP contribution < -0.4 is 4.74 Å². The topological polar surface area (TPSA) is 94.9 Å². The van der Waals surface area contributed by atoms with Gasteiger partial charge in [-0.1, -0.05) is 13.8 Å². The van der Waals surface area contributed by atoms with Crippen molar-refractivity contribution in [2.24, 2.45) is 7.05 Å². The monoisotopic (exact) mass is 422 g/mol. The number of Topliss-reactive ketones (excluding diaryl/α,β-unsaturated/α-hetero) is 1. The number of rotatable bonds is 10. The molecule has 0 amide bonds. The maximum atomic E-state index is 12.6. The smallest absolute Gasteiger partial charge is 0.355 e. The summed E-state index contributed by atoms with van der Waals surface area (Å²) in [5.41, 5.74) is 0.438. The maximum Gasteiger partial charge on any atom is 0.355 e. The van der Waals surface area contributed by atoms with Crippen molar-refractivity contribution >= 4 is 21.8 Å². The SMILES string of the molecule is CCOc1ccc(C(=O)COC(=O)c2cc(S(=O)(=O)N(CC)CC)cn2C)cc1. The maximum absolute atomic E-state index is 12.6. The lowest BCUT2D eigenvalue weighted by Gasteiger charge is -2.17. The van der Waals surface area contributed by atoms with Crippen LogP contribution in [0.3, 0.4) is 0 Å². The summed E-state index contributed by atoms with van der Waals surface area (Å²) in [7, 11) is -2.15. The molecule has 8 nitrogen and oxygen atoms in total. The Kier molecular flexibility index (Phi) is 7.58. The van der Waals surface area contributed by atoms with Crippen LogP contribution in [0.5, 0.6) is 5.75 Å². The second-order valence-corrected chi connectivity index (χ2v) is 8.16. The number of nitrogens with zero attached hydrogens (tertiary/aromatic N) is 2. The van der Waals surface area contributed by atoms with E-state index >= 15 is 0 Å². The Balaban J connectivity index is 2.08. The zero-order valence-corrected chi connectivity index (χ0v) is 17.9. The van der Waals surface area contributed by atoms with E-state index in [1.807, 2.05) is 6.92 Å². The molecule has 0 unspecified atom stereocenters. The molecule has 29 heavy (non-hydrogen) atoms. The van der Waals surface area contributed by atoms with E-state index in [9.17, 15) is 18.0 Å². The van der Waals surface area contributed by atoms with Gasteiger partial charge in [0.25, 0.3) is 0 Å². The molecule has 0 aliphatic rings. The molecule has 158 valence electrons. The summed E-state index contributed by atoms with van der Waals surface area (Å²) >= 11 is 0. The van der Waals surface area contributed by atoms with E-state index in [2.05, 4.69) is 0 Å². The van der Waals surface area contributed by atoms with Crippen molar-refractivity contribution in [2.75, 3.05) is 26.3 Å². The van der Waals surface area contributed by atoms with E-state index < -0.39 is 22.6 Å². The van der Waals surface area contributed by atoms with Crippen LogP contribution in [0, 0.1) is 0 Å². The van der Waals surface area contributed by atoms with Gasteiger partial charge in [-0.2, -0.15) is 4.31 Å². The number of ketones is 1. The van der Waals surface area contributed by atoms with Crippen LogP contribution in [-0.2, 0) is 21.8 Å². The summed E-state index contributed by atoms with van der Waals surface area (Å²) in [4.78, 5) is 24.6. The normalized spacial score (nSPS) is 11.5. The quantitative estimate of drug-likeness (QED) is 0.431. The predicted molar refractivity (Wildman–Crippen MR) is 108 cm³/mol. The minimum Gasteiger partial charge on any atom is -0.494 e. The number of hydrogen-bond acceptors (Lipinski definition) is 6. The molecule has 0 aliphatic carbocycles.